The van der Waals surface area contributed by atoms with Crippen LogP contribution in [0.15, 0.2) is 18.6 Å². The number of nitrogens with zero attached hydrogens (tertiary/aromatic N) is 6. The van der Waals surface area contributed by atoms with Crippen molar-refractivity contribution in [2.24, 2.45) is 5.92 Å². The highest BCUT2D eigenvalue weighted by atomic mass is 16.2. The summed E-state index contributed by atoms with van der Waals surface area (Å²) in [6, 6.07) is 0. The summed E-state index contributed by atoms with van der Waals surface area (Å²) in [7, 11) is 0. The maximum atomic E-state index is 12.7. The molecular formula is C19H28N6O. The second kappa shape index (κ2) is 7.51. The Bertz CT molecular complexity index is 746. The van der Waals surface area contributed by atoms with E-state index in [9.17, 15) is 4.79 Å². The minimum absolute atomic E-state index is 0.00251. The van der Waals surface area contributed by atoms with Gasteiger partial charge in [0.25, 0.3) is 5.91 Å². The van der Waals surface area contributed by atoms with E-state index >= 15 is 0 Å². The van der Waals surface area contributed by atoms with E-state index in [-0.39, 0.29) is 11.3 Å². The Hall–Kier alpha value is -2.31. The quantitative estimate of drug-likeness (QED) is 0.841. The van der Waals surface area contributed by atoms with E-state index in [0.29, 0.717) is 11.5 Å². The predicted molar refractivity (Wildman–Crippen MR) is 98.8 cm³/mol. The maximum Gasteiger partial charge on any atom is 0.257 e. The minimum Gasteiger partial charge on any atom is -0.338 e. The van der Waals surface area contributed by atoms with Crippen molar-refractivity contribution in [1.82, 2.24) is 29.9 Å². The number of likely N-dealkylation sites (tertiary alicyclic amines) is 1. The van der Waals surface area contributed by atoms with Crippen LogP contribution in [0.5, 0.6) is 0 Å². The van der Waals surface area contributed by atoms with Crippen LogP contribution in [0, 0.1) is 5.92 Å². The van der Waals surface area contributed by atoms with Gasteiger partial charge >= 0.3 is 0 Å². The molecule has 0 saturated carbocycles. The smallest absolute Gasteiger partial charge is 0.257 e. The molecule has 0 spiro atoms. The summed E-state index contributed by atoms with van der Waals surface area (Å²) in [5, 5.41) is 8.55. The standard InChI is InChI=1S/C19H28N6O/c1-5-17-20-9-15(10-21-17)18(26)24-8-6-7-14(11-24)12-25-13-16(22-23-25)19(2,3)4/h9-10,13-14H,5-8,11-12H2,1-4H3/t14-/m1/s1. The molecule has 3 rings (SSSR count). The van der Waals surface area contributed by atoms with E-state index in [4.69, 9.17) is 0 Å². The second-order valence-corrected chi connectivity index (χ2v) is 8.08. The summed E-state index contributed by atoms with van der Waals surface area (Å²) in [6.07, 6.45) is 8.19. The Labute approximate surface area is 154 Å². The molecule has 1 amide bonds. The van der Waals surface area contributed by atoms with Crippen molar-refractivity contribution in [3.8, 4) is 0 Å². The van der Waals surface area contributed by atoms with Gasteiger partial charge in [-0.05, 0) is 18.8 Å². The Morgan fingerprint density at radius 1 is 1.27 bits per heavy atom. The Balaban J connectivity index is 1.63. The molecule has 140 valence electrons. The van der Waals surface area contributed by atoms with E-state index in [1.807, 2.05) is 22.7 Å². The first kappa shape index (κ1) is 18.5. The molecule has 26 heavy (non-hydrogen) atoms. The highest BCUT2D eigenvalue weighted by Gasteiger charge is 2.26. The van der Waals surface area contributed by atoms with Crippen LogP contribution in [0.25, 0.3) is 0 Å². The minimum atomic E-state index is -0.00251. The summed E-state index contributed by atoms with van der Waals surface area (Å²) in [6.45, 7) is 10.7. The number of piperidine rings is 1. The molecule has 1 aliphatic heterocycles. The molecule has 3 heterocycles. The van der Waals surface area contributed by atoms with Crippen LogP contribution in [-0.2, 0) is 18.4 Å². The van der Waals surface area contributed by atoms with Gasteiger partial charge in [-0.2, -0.15) is 0 Å². The molecule has 2 aromatic heterocycles. The number of hydrogen-bond acceptors (Lipinski definition) is 5. The Morgan fingerprint density at radius 3 is 2.62 bits per heavy atom. The van der Waals surface area contributed by atoms with E-state index in [0.717, 1.165) is 50.4 Å². The number of carbonyl (C=O) groups excluding carboxylic acids is 1. The maximum absolute atomic E-state index is 12.7. The average Bonchev–Trinajstić information content (AvgIpc) is 3.10. The zero-order chi connectivity index (χ0) is 18.7. The van der Waals surface area contributed by atoms with E-state index in [2.05, 4.69) is 41.1 Å². The van der Waals surface area contributed by atoms with Gasteiger partial charge in [-0.3, -0.25) is 9.48 Å². The van der Waals surface area contributed by atoms with Gasteiger partial charge < -0.3 is 4.90 Å². The third-order valence-electron chi connectivity index (χ3n) is 4.83. The lowest BCUT2D eigenvalue weighted by Gasteiger charge is -2.32. The molecule has 1 atom stereocenters. The predicted octanol–water partition coefficient (Wildman–Crippen LogP) is 2.48. The van der Waals surface area contributed by atoms with Crippen LogP contribution in [-0.4, -0.2) is 48.9 Å². The van der Waals surface area contributed by atoms with Crippen molar-refractivity contribution in [3.05, 3.63) is 35.7 Å². The lowest BCUT2D eigenvalue weighted by atomic mass is 9.93. The number of rotatable bonds is 4. The van der Waals surface area contributed by atoms with Gasteiger partial charge in [-0.15, -0.1) is 5.10 Å². The van der Waals surface area contributed by atoms with Gasteiger partial charge in [0, 0.05) is 50.1 Å². The Kier molecular flexibility index (Phi) is 5.34. The highest BCUT2D eigenvalue weighted by molar-refractivity contribution is 5.93. The van der Waals surface area contributed by atoms with Crippen molar-refractivity contribution in [1.29, 1.82) is 0 Å². The summed E-state index contributed by atoms with van der Waals surface area (Å²) in [5.41, 5.74) is 1.56. The van der Waals surface area contributed by atoms with Gasteiger partial charge in [0.2, 0.25) is 0 Å². The zero-order valence-electron chi connectivity index (χ0n) is 16.1. The normalized spacial score (nSPS) is 18.2. The van der Waals surface area contributed by atoms with Crippen LogP contribution in [0.3, 0.4) is 0 Å². The average molecular weight is 356 g/mol. The molecule has 7 nitrogen and oxygen atoms in total. The van der Waals surface area contributed by atoms with Gasteiger partial charge in [0.15, 0.2) is 0 Å². The SMILES string of the molecule is CCc1ncc(C(=O)N2CCC[C@@H](Cn3cc(C(C)(C)C)nn3)C2)cn1. The van der Waals surface area contributed by atoms with Crippen LogP contribution in [0.4, 0.5) is 0 Å². The van der Waals surface area contributed by atoms with Gasteiger partial charge in [0.1, 0.15) is 5.82 Å². The first-order valence-corrected chi connectivity index (χ1v) is 9.37. The van der Waals surface area contributed by atoms with Crippen molar-refractivity contribution < 1.29 is 4.79 Å². The van der Waals surface area contributed by atoms with E-state index < -0.39 is 0 Å². The number of hydrogen-bond donors (Lipinski definition) is 0. The number of carbonyl (C=O) groups is 1. The highest BCUT2D eigenvalue weighted by Crippen LogP contribution is 2.22. The van der Waals surface area contributed by atoms with Crippen LogP contribution in [0.1, 0.15) is 62.4 Å². The fourth-order valence-corrected chi connectivity index (χ4v) is 3.22. The molecule has 0 unspecified atom stereocenters. The molecule has 1 aliphatic rings. The third kappa shape index (κ3) is 4.26. The van der Waals surface area contributed by atoms with Crippen LogP contribution >= 0.6 is 0 Å². The van der Waals surface area contributed by atoms with Gasteiger partial charge in [-0.25, -0.2) is 9.97 Å². The summed E-state index contributed by atoms with van der Waals surface area (Å²) < 4.78 is 1.92. The number of aromatic nitrogens is 5. The Morgan fingerprint density at radius 2 is 2.00 bits per heavy atom. The zero-order valence-corrected chi connectivity index (χ0v) is 16.1. The van der Waals surface area contributed by atoms with Crippen molar-refractivity contribution in [2.45, 2.75) is 58.9 Å². The molecule has 0 aromatic carbocycles. The van der Waals surface area contributed by atoms with Gasteiger partial charge in [0.05, 0.1) is 11.3 Å². The summed E-state index contributed by atoms with van der Waals surface area (Å²) in [5.74, 6) is 1.17. The van der Waals surface area contributed by atoms with Crippen LogP contribution < -0.4 is 0 Å². The van der Waals surface area contributed by atoms with Crippen LogP contribution in [0.2, 0.25) is 0 Å². The van der Waals surface area contributed by atoms with Crippen molar-refractivity contribution in [2.75, 3.05) is 13.1 Å². The lowest BCUT2D eigenvalue weighted by molar-refractivity contribution is 0.0658. The molecule has 1 saturated heterocycles. The van der Waals surface area contributed by atoms with Gasteiger partial charge in [-0.1, -0.05) is 32.9 Å². The molecule has 2 aromatic rings. The number of aryl methyl sites for hydroxylation is 1. The fourth-order valence-electron chi connectivity index (χ4n) is 3.22. The molecule has 0 aliphatic carbocycles. The molecule has 0 bridgehead atoms. The fraction of sp³-hybridized carbons (Fsp3) is 0.632. The first-order chi connectivity index (χ1) is 12.4. The van der Waals surface area contributed by atoms with Crippen molar-refractivity contribution in [3.63, 3.8) is 0 Å². The largest absolute Gasteiger partial charge is 0.338 e. The van der Waals surface area contributed by atoms with E-state index in [1.165, 1.54) is 0 Å². The number of amides is 1. The molecule has 7 heteroatoms. The van der Waals surface area contributed by atoms with E-state index in [1.54, 1.807) is 12.4 Å². The molecule has 0 N–H and O–H groups in total. The topological polar surface area (TPSA) is 76.8 Å². The second-order valence-electron chi connectivity index (χ2n) is 8.08. The van der Waals surface area contributed by atoms with Crippen molar-refractivity contribution >= 4 is 5.91 Å². The molecule has 0 radical (unpaired) electrons. The summed E-state index contributed by atoms with van der Waals surface area (Å²) >= 11 is 0. The first-order valence-electron chi connectivity index (χ1n) is 9.37. The summed E-state index contributed by atoms with van der Waals surface area (Å²) in [4.78, 5) is 23.1. The third-order valence-corrected chi connectivity index (χ3v) is 4.83. The monoisotopic (exact) mass is 356 g/mol. The molecular weight excluding hydrogens is 328 g/mol. The molecule has 1 fully saturated rings. The lowest BCUT2D eigenvalue weighted by Crippen LogP contribution is -2.41.